The van der Waals surface area contributed by atoms with E-state index in [1.165, 1.54) is 5.56 Å². The van der Waals surface area contributed by atoms with Crippen LogP contribution < -0.4 is 0 Å². The van der Waals surface area contributed by atoms with Crippen LogP contribution in [-0.2, 0) is 19.7 Å². The second-order valence-corrected chi connectivity index (χ2v) is 11.9. The molecular weight excluding hydrogens is 474 g/mol. The molecule has 9 heteroatoms. The zero-order valence-corrected chi connectivity index (χ0v) is 23.1. The molecule has 1 aromatic carbocycles. The van der Waals surface area contributed by atoms with Gasteiger partial charge in [-0.15, -0.1) is 0 Å². The van der Waals surface area contributed by atoms with Gasteiger partial charge in [0.2, 0.25) is 0 Å². The number of aryl methyl sites for hydroxylation is 2. The Morgan fingerprint density at radius 3 is 2.16 bits per heavy atom. The summed E-state index contributed by atoms with van der Waals surface area (Å²) in [6, 6.07) is 6.05. The van der Waals surface area contributed by atoms with E-state index in [0.29, 0.717) is 25.0 Å². The molecule has 0 radical (unpaired) electrons. The fourth-order valence-corrected chi connectivity index (χ4v) is 4.33. The summed E-state index contributed by atoms with van der Waals surface area (Å²) < 4.78 is 12.6. The number of carbonyl (C=O) groups is 3. The summed E-state index contributed by atoms with van der Waals surface area (Å²) in [7, 11) is 0. The van der Waals surface area contributed by atoms with Crippen LogP contribution in [0.15, 0.2) is 30.7 Å². The minimum Gasteiger partial charge on any atom is -0.481 e. The molecule has 1 fully saturated rings. The van der Waals surface area contributed by atoms with E-state index in [-0.39, 0.29) is 12.5 Å². The van der Waals surface area contributed by atoms with Crippen molar-refractivity contribution in [2.24, 2.45) is 5.92 Å². The Bertz CT molecular complexity index is 1150. The van der Waals surface area contributed by atoms with Gasteiger partial charge in [0.1, 0.15) is 16.6 Å². The fourth-order valence-electron chi connectivity index (χ4n) is 4.33. The lowest BCUT2D eigenvalue weighted by molar-refractivity contribution is -0.140. The van der Waals surface area contributed by atoms with Crippen LogP contribution in [0.5, 0.6) is 0 Å². The van der Waals surface area contributed by atoms with E-state index in [4.69, 9.17) is 9.47 Å². The van der Waals surface area contributed by atoms with E-state index in [1.807, 2.05) is 36.6 Å². The van der Waals surface area contributed by atoms with Gasteiger partial charge in [-0.25, -0.2) is 19.5 Å². The molecule has 1 aliphatic rings. The number of hydrogen-bond acceptors (Lipinski definition) is 6. The van der Waals surface area contributed by atoms with Crippen molar-refractivity contribution in [3.05, 3.63) is 47.5 Å². The fraction of sp³-hybridized carbons (Fsp3) is 0.571. The molecular formula is C28H39N3O6. The highest BCUT2D eigenvalue weighted by Gasteiger charge is 2.62. The highest BCUT2D eigenvalue weighted by molar-refractivity contribution is 5.88. The summed E-state index contributed by atoms with van der Waals surface area (Å²) in [4.78, 5) is 43.2. The molecule has 0 spiro atoms. The Morgan fingerprint density at radius 2 is 1.65 bits per heavy atom. The molecule has 2 atom stereocenters. The molecule has 0 aliphatic heterocycles. The largest absolute Gasteiger partial charge is 0.481 e. The minimum atomic E-state index is -1.08. The first kappa shape index (κ1) is 28.2. The number of carboxylic acid groups (broad SMARTS) is 1. The van der Waals surface area contributed by atoms with Crippen LogP contribution in [0.1, 0.15) is 77.6 Å². The van der Waals surface area contributed by atoms with Crippen molar-refractivity contribution in [2.75, 3.05) is 6.54 Å². The predicted octanol–water partition coefficient (Wildman–Crippen LogP) is 5.78. The molecule has 202 valence electrons. The van der Waals surface area contributed by atoms with E-state index in [0.717, 1.165) is 16.2 Å². The van der Waals surface area contributed by atoms with Crippen LogP contribution in [-0.4, -0.2) is 55.5 Å². The van der Waals surface area contributed by atoms with Crippen LogP contribution in [0, 0.1) is 19.8 Å². The number of aromatic nitrogens is 2. The molecule has 1 heterocycles. The topological polar surface area (TPSA) is 111 Å². The number of ether oxygens (including phenoxy) is 2. The first-order chi connectivity index (χ1) is 17.0. The van der Waals surface area contributed by atoms with Crippen LogP contribution in [0.3, 0.4) is 0 Å². The van der Waals surface area contributed by atoms with E-state index in [2.05, 4.69) is 4.98 Å². The van der Waals surface area contributed by atoms with Crippen molar-refractivity contribution in [1.82, 2.24) is 14.5 Å². The third kappa shape index (κ3) is 6.70. The number of carboxylic acids is 1. The van der Waals surface area contributed by atoms with Gasteiger partial charge in [-0.3, -0.25) is 4.79 Å². The number of imidazole rings is 1. The molecule has 37 heavy (non-hydrogen) atoms. The van der Waals surface area contributed by atoms with Crippen molar-refractivity contribution in [3.8, 4) is 5.69 Å². The number of imide groups is 1. The quantitative estimate of drug-likeness (QED) is 0.499. The summed E-state index contributed by atoms with van der Waals surface area (Å²) >= 11 is 0. The number of amides is 2. The molecule has 2 unspecified atom stereocenters. The second kappa shape index (κ2) is 10.2. The summed E-state index contributed by atoms with van der Waals surface area (Å²) in [5, 5.41) is 10.1. The Labute approximate surface area is 218 Å². The van der Waals surface area contributed by atoms with Gasteiger partial charge < -0.3 is 19.1 Å². The maximum atomic E-state index is 12.7. The molecule has 1 saturated carbocycles. The normalized spacial score (nSPS) is 19.3. The van der Waals surface area contributed by atoms with E-state index < -0.39 is 34.8 Å². The van der Waals surface area contributed by atoms with Crippen molar-refractivity contribution in [3.63, 3.8) is 0 Å². The third-order valence-corrected chi connectivity index (χ3v) is 6.48. The van der Waals surface area contributed by atoms with E-state index in [9.17, 15) is 19.5 Å². The molecule has 1 aliphatic carbocycles. The van der Waals surface area contributed by atoms with Gasteiger partial charge in [0.05, 0.1) is 12.0 Å². The summed E-state index contributed by atoms with van der Waals surface area (Å²) in [5.41, 5.74) is 1.13. The first-order valence-corrected chi connectivity index (χ1v) is 12.6. The summed E-state index contributed by atoms with van der Waals surface area (Å²) in [5.74, 6) is -1.08. The van der Waals surface area contributed by atoms with Gasteiger partial charge in [-0.2, -0.15) is 0 Å². The lowest BCUT2D eigenvalue weighted by atomic mass is 9.97. The lowest BCUT2D eigenvalue weighted by Crippen LogP contribution is -2.44. The summed E-state index contributed by atoms with van der Waals surface area (Å²) in [6.45, 7) is 14.5. The van der Waals surface area contributed by atoms with Crippen molar-refractivity contribution in [1.29, 1.82) is 0 Å². The molecule has 2 amide bonds. The number of hydrogen-bond donors (Lipinski definition) is 1. The van der Waals surface area contributed by atoms with Gasteiger partial charge in [0.25, 0.3) is 0 Å². The van der Waals surface area contributed by atoms with Gasteiger partial charge in [0.15, 0.2) is 0 Å². The molecule has 1 N–H and O–H groups in total. The number of benzene rings is 1. The van der Waals surface area contributed by atoms with Crippen LogP contribution in [0.25, 0.3) is 5.69 Å². The minimum absolute atomic E-state index is 0.0626. The number of aliphatic carboxylic acids is 1. The maximum Gasteiger partial charge on any atom is 0.419 e. The van der Waals surface area contributed by atoms with Gasteiger partial charge in [-0.1, -0.05) is 6.07 Å². The van der Waals surface area contributed by atoms with Crippen molar-refractivity contribution < 1.29 is 29.0 Å². The standard InChI is InChI=1S/C28H39N3O6/c1-18-11-12-21(14-19(18)2)30-16-22(29-17-30)28(23(32)33)15-20(28)10-9-13-31(24(34)36-26(3,4)5)25(35)37-27(6,7)8/h11-12,14,16-17,20H,9-10,13,15H2,1-8H3,(H,32,33). The van der Waals surface area contributed by atoms with Crippen molar-refractivity contribution in [2.45, 2.75) is 91.3 Å². The highest BCUT2D eigenvalue weighted by Crippen LogP contribution is 2.56. The van der Waals surface area contributed by atoms with Gasteiger partial charge in [0, 0.05) is 18.4 Å². The first-order valence-electron chi connectivity index (χ1n) is 12.6. The van der Waals surface area contributed by atoms with E-state index >= 15 is 0 Å². The Morgan fingerprint density at radius 1 is 1.05 bits per heavy atom. The number of nitrogens with zero attached hydrogens (tertiary/aromatic N) is 3. The smallest absolute Gasteiger partial charge is 0.419 e. The van der Waals surface area contributed by atoms with Gasteiger partial charge in [-0.05, 0) is 104 Å². The molecule has 9 nitrogen and oxygen atoms in total. The number of carbonyl (C=O) groups excluding carboxylic acids is 2. The molecule has 1 aromatic heterocycles. The van der Waals surface area contributed by atoms with Crippen LogP contribution >= 0.6 is 0 Å². The summed E-state index contributed by atoms with van der Waals surface area (Å²) in [6.07, 6.45) is 3.23. The predicted molar refractivity (Wildman–Crippen MR) is 139 cm³/mol. The SMILES string of the molecule is Cc1ccc(-n2cnc(C3(C(=O)O)CC3CCCN(C(=O)OC(C)(C)C)C(=O)OC(C)(C)C)c2)cc1C. The average molecular weight is 514 g/mol. The lowest BCUT2D eigenvalue weighted by Gasteiger charge is -2.28. The average Bonchev–Trinajstić information content (AvgIpc) is 3.26. The monoisotopic (exact) mass is 513 g/mol. The second-order valence-electron chi connectivity index (χ2n) is 11.9. The third-order valence-electron chi connectivity index (χ3n) is 6.48. The van der Waals surface area contributed by atoms with Crippen LogP contribution in [0.2, 0.25) is 0 Å². The molecule has 0 bridgehead atoms. The van der Waals surface area contributed by atoms with Gasteiger partial charge >= 0.3 is 18.2 Å². The Balaban J connectivity index is 1.70. The molecule has 0 saturated heterocycles. The highest BCUT2D eigenvalue weighted by atomic mass is 16.6. The molecule has 3 rings (SSSR count). The zero-order chi connectivity index (χ0) is 27.8. The van der Waals surface area contributed by atoms with Crippen molar-refractivity contribution >= 4 is 18.2 Å². The van der Waals surface area contributed by atoms with Crippen LogP contribution in [0.4, 0.5) is 9.59 Å². The van der Waals surface area contributed by atoms with E-state index in [1.54, 1.807) is 54.1 Å². The molecule has 2 aromatic rings. The maximum absolute atomic E-state index is 12.7. The Kier molecular flexibility index (Phi) is 7.77. The Hall–Kier alpha value is -3.36. The number of rotatable bonds is 7. The zero-order valence-electron chi connectivity index (χ0n) is 23.1.